The van der Waals surface area contributed by atoms with Crippen molar-refractivity contribution < 1.29 is 10.1 Å². The van der Waals surface area contributed by atoms with Crippen LogP contribution >= 0.6 is 0 Å². The standard InChI is InChI=1S/C25H26N4O/c1-17(22-15-9-11-20-10-7-8-14-23(20)22)26-16-24(30)27-25-18(2)28-29(19(25)3)21-12-5-4-6-13-21/h4-15,17,26H,16H2,1-3H3,(H,27,30)/p+1/t17-/m1/s1. The summed E-state index contributed by atoms with van der Waals surface area (Å²) in [5.41, 5.74) is 4.75. The van der Waals surface area contributed by atoms with Gasteiger partial charge in [0.05, 0.1) is 22.8 Å². The maximum Gasteiger partial charge on any atom is 0.279 e. The number of para-hydroxylation sites is 1. The Kier molecular flexibility index (Phi) is 5.63. The van der Waals surface area contributed by atoms with Crippen molar-refractivity contribution in [3.63, 3.8) is 0 Å². The third kappa shape index (κ3) is 3.98. The van der Waals surface area contributed by atoms with E-state index in [4.69, 9.17) is 0 Å². The SMILES string of the molecule is Cc1nn(-c2ccccc2)c(C)c1NC(=O)C[NH2+][C@H](C)c1cccc2ccccc12. The molecule has 0 saturated carbocycles. The lowest BCUT2D eigenvalue weighted by Gasteiger charge is -2.14. The van der Waals surface area contributed by atoms with E-state index >= 15 is 0 Å². The fraction of sp³-hybridized carbons (Fsp3) is 0.200. The van der Waals surface area contributed by atoms with Gasteiger partial charge < -0.3 is 10.6 Å². The van der Waals surface area contributed by atoms with Gasteiger partial charge >= 0.3 is 0 Å². The van der Waals surface area contributed by atoms with Gasteiger partial charge in [0.25, 0.3) is 5.91 Å². The van der Waals surface area contributed by atoms with Crippen LogP contribution in [-0.4, -0.2) is 22.2 Å². The number of carbonyl (C=O) groups is 1. The zero-order valence-electron chi connectivity index (χ0n) is 17.6. The topological polar surface area (TPSA) is 63.5 Å². The second-order valence-electron chi connectivity index (χ2n) is 7.64. The number of benzene rings is 3. The van der Waals surface area contributed by atoms with E-state index in [1.165, 1.54) is 16.3 Å². The highest BCUT2D eigenvalue weighted by atomic mass is 16.1. The van der Waals surface area contributed by atoms with Gasteiger partial charge in [0.1, 0.15) is 6.04 Å². The fourth-order valence-electron chi connectivity index (χ4n) is 3.89. The molecule has 0 aliphatic heterocycles. The number of fused-ring (bicyclic) bond motifs is 1. The number of nitrogens with one attached hydrogen (secondary N) is 1. The summed E-state index contributed by atoms with van der Waals surface area (Å²) in [6, 6.07) is 24.8. The van der Waals surface area contributed by atoms with Gasteiger partial charge in [0.2, 0.25) is 0 Å². The van der Waals surface area contributed by atoms with Crippen LogP contribution in [0.2, 0.25) is 0 Å². The van der Waals surface area contributed by atoms with Crippen molar-refractivity contribution in [2.75, 3.05) is 11.9 Å². The second-order valence-corrected chi connectivity index (χ2v) is 7.64. The molecule has 30 heavy (non-hydrogen) atoms. The number of nitrogens with zero attached hydrogens (tertiary/aromatic N) is 2. The number of hydrogen-bond acceptors (Lipinski definition) is 2. The Morgan fingerprint density at radius 2 is 1.70 bits per heavy atom. The zero-order chi connectivity index (χ0) is 21.1. The molecule has 0 aliphatic rings. The Bertz CT molecular complexity index is 1180. The van der Waals surface area contributed by atoms with Crippen molar-refractivity contribution in [2.24, 2.45) is 0 Å². The van der Waals surface area contributed by atoms with Crippen LogP contribution in [0.1, 0.15) is 29.9 Å². The number of aromatic nitrogens is 2. The smallest absolute Gasteiger partial charge is 0.279 e. The van der Waals surface area contributed by atoms with E-state index < -0.39 is 0 Å². The van der Waals surface area contributed by atoms with Gasteiger partial charge in [-0.1, -0.05) is 60.7 Å². The molecule has 3 N–H and O–H groups in total. The van der Waals surface area contributed by atoms with E-state index in [-0.39, 0.29) is 11.9 Å². The number of amides is 1. The molecule has 0 fully saturated rings. The van der Waals surface area contributed by atoms with Crippen LogP contribution in [0, 0.1) is 13.8 Å². The number of quaternary nitrogens is 1. The molecule has 0 unspecified atom stereocenters. The summed E-state index contributed by atoms with van der Waals surface area (Å²) in [7, 11) is 0. The first-order valence-corrected chi connectivity index (χ1v) is 10.3. The molecular weight excluding hydrogens is 372 g/mol. The maximum absolute atomic E-state index is 12.7. The maximum atomic E-state index is 12.7. The predicted molar refractivity (Wildman–Crippen MR) is 121 cm³/mol. The van der Waals surface area contributed by atoms with Crippen LogP contribution < -0.4 is 10.6 Å². The summed E-state index contributed by atoms with van der Waals surface area (Å²) in [4.78, 5) is 12.7. The van der Waals surface area contributed by atoms with Gasteiger partial charge in [0.15, 0.2) is 6.54 Å². The Labute approximate surface area is 176 Å². The van der Waals surface area contributed by atoms with E-state index in [0.29, 0.717) is 6.54 Å². The predicted octanol–water partition coefficient (Wildman–Crippen LogP) is 3.91. The number of aryl methyl sites for hydroxylation is 1. The summed E-state index contributed by atoms with van der Waals surface area (Å²) in [6.45, 7) is 6.38. The molecule has 0 spiro atoms. The van der Waals surface area contributed by atoms with Crippen LogP contribution in [0.4, 0.5) is 5.69 Å². The summed E-state index contributed by atoms with van der Waals surface area (Å²) >= 11 is 0. The Balaban J connectivity index is 1.45. The largest absolute Gasteiger partial charge is 0.332 e. The lowest BCUT2D eigenvalue weighted by molar-refractivity contribution is -0.682. The quantitative estimate of drug-likeness (QED) is 0.516. The number of nitrogens with two attached hydrogens (primary N) is 1. The first-order chi connectivity index (χ1) is 14.5. The van der Waals surface area contributed by atoms with E-state index in [0.717, 1.165) is 22.8 Å². The molecule has 0 radical (unpaired) electrons. The molecule has 1 aromatic heterocycles. The minimum absolute atomic E-state index is 0.0269. The molecular formula is C25H27N4O+. The number of hydrogen-bond donors (Lipinski definition) is 2. The number of rotatable bonds is 6. The lowest BCUT2D eigenvalue weighted by atomic mass is 10.00. The Hall–Kier alpha value is -3.44. The number of carbonyl (C=O) groups excluding carboxylic acids is 1. The summed E-state index contributed by atoms with van der Waals surface area (Å²) in [5, 5.41) is 12.2. The van der Waals surface area contributed by atoms with Crippen molar-refractivity contribution in [1.29, 1.82) is 0 Å². The molecule has 4 rings (SSSR count). The van der Waals surface area contributed by atoms with Gasteiger partial charge in [-0.25, -0.2) is 4.68 Å². The molecule has 0 saturated heterocycles. The molecule has 5 nitrogen and oxygen atoms in total. The second kappa shape index (κ2) is 8.51. The first kappa shape index (κ1) is 19.9. The van der Waals surface area contributed by atoms with Crippen molar-refractivity contribution in [3.8, 4) is 5.69 Å². The molecule has 3 aromatic carbocycles. The molecule has 4 aromatic rings. The summed E-state index contributed by atoms with van der Waals surface area (Å²) in [6.07, 6.45) is 0. The van der Waals surface area contributed by atoms with Gasteiger partial charge in [-0.15, -0.1) is 0 Å². The third-order valence-corrected chi connectivity index (χ3v) is 5.53. The Morgan fingerprint density at radius 3 is 2.50 bits per heavy atom. The van der Waals surface area contributed by atoms with Gasteiger partial charge in [0, 0.05) is 5.56 Å². The summed E-state index contributed by atoms with van der Waals surface area (Å²) < 4.78 is 1.87. The van der Waals surface area contributed by atoms with Crippen LogP contribution in [0.15, 0.2) is 72.8 Å². The third-order valence-electron chi connectivity index (χ3n) is 5.53. The minimum Gasteiger partial charge on any atom is -0.332 e. The monoisotopic (exact) mass is 399 g/mol. The van der Waals surface area contributed by atoms with Crippen molar-refractivity contribution in [1.82, 2.24) is 9.78 Å². The van der Waals surface area contributed by atoms with Crippen LogP contribution in [0.3, 0.4) is 0 Å². The highest BCUT2D eigenvalue weighted by Gasteiger charge is 2.18. The normalized spacial score (nSPS) is 12.1. The molecule has 1 amide bonds. The van der Waals surface area contributed by atoms with E-state index in [1.807, 2.05) is 54.9 Å². The molecule has 152 valence electrons. The molecule has 1 heterocycles. The van der Waals surface area contributed by atoms with Gasteiger partial charge in [-0.2, -0.15) is 5.10 Å². The lowest BCUT2D eigenvalue weighted by Crippen LogP contribution is -2.86. The molecule has 0 aliphatic carbocycles. The van der Waals surface area contributed by atoms with E-state index in [9.17, 15) is 4.79 Å². The van der Waals surface area contributed by atoms with Crippen LogP contribution in [-0.2, 0) is 4.79 Å². The zero-order valence-corrected chi connectivity index (χ0v) is 17.6. The Morgan fingerprint density at radius 1 is 1.00 bits per heavy atom. The van der Waals surface area contributed by atoms with Crippen molar-refractivity contribution in [2.45, 2.75) is 26.8 Å². The number of anilines is 1. The summed E-state index contributed by atoms with van der Waals surface area (Å²) in [5.74, 6) is -0.0269. The highest BCUT2D eigenvalue weighted by Crippen LogP contribution is 2.23. The fourth-order valence-corrected chi connectivity index (χ4v) is 3.89. The van der Waals surface area contributed by atoms with Gasteiger partial charge in [-0.05, 0) is 43.7 Å². The average Bonchev–Trinajstić information content (AvgIpc) is 3.06. The molecule has 5 heteroatoms. The van der Waals surface area contributed by atoms with Crippen molar-refractivity contribution >= 4 is 22.4 Å². The highest BCUT2D eigenvalue weighted by molar-refractivity contribution is 5.92. The van der Waals surface area contributed by atoms with E-state index in [1.54, 1.807) is 0 Å². The van der Waals surface area contributed by atoms with Crippen LogP contribution in [0.25, 0.3) is 16.5 Å². The molecule has 1 atom stereocenters. The van der Waals surface area contributed by atoms with Crippen molar-refractivity contribution in [3.05, 3.63) is 89.7 Å². The average molecular weight is 400 g/mol. The molecule has 0 bridgehead atoms. The van der Waals surface area contributed by atoms with E-state index in [2.05, 4.69) is 59.1 Å². The minimum atomic E-state index is -0.0269. The first-order valence-electron chi connectivity index (χ1n) is 10.3. The van der Waals surface area contributed by atoms with Crippen LogP contribution in [0.5, 0.6) is 0 Å². The van der Waals surface area contributed by atoms with Gasteiger partial charge in [-0.3, -0.25) is 4.79 Å².